The van der Waals surface area contributed by atoms with Gasteiger partial charge in [0.1, 0.15) is 17.9 Å². The van der Waals surface area contributed by atoms with E-state index in [-0.39, 0.29) is 0 Å². The second kappa shape index (κ2) is 11.3. The number of nitroso groups, excluding NO2 is 1. The van der Waals surface area contributed by atoms with Gasteiger partial charge >= 0.3 is 0 Å². The second-order valence-electron chi connectivity index (χ2n) is 13.6. The van der Waals surface area contributed by atoms with Crippen molar-refractivity contribution in [3.8, 4) is 5.75 Å². The Kier molecular flexibility index (Phi) is 9.10. The lowest BCUT2D eigenvalue weighted by molar-refractivity contribution is 0.0378. The third-order valence-electron chi connectivity index (χ3n) is 8.90. The maximum Gasteiger partial charge on any atom is 0.125 e. The minimum absolute atomic E-state index is 0.401. The van der Waals surface area contributed by atoms with Crippen molar-refractivity contribution in [1.29, 1.82) is 0 Å². The number of rotatable bonds is 11. The van der Waals surface area contributed by atoms with E-state index in [4.69, 9.17) is 9.47 Å². The zero-order chi connectivity index (χ0) is 25.9. The topological polar surface area (TPSA) is 47.9 Å². The molecule has 0 radical (unpaired) electrons. The summed E-state index contributed by atoms with van der Waals surface area (Å²) in [4.78, 5) is 11.8. The highest BCUT2D eigenvalue weighted by molar-refractivity contribution is 5.49. The molecule has 1 aromatic rings. The van der Waals surface area contributed by atoms with E-state index < -0.39 is 5.54 Å². The monoisotopic (exact) mass is 485 g/mol. The minimum atomic E-state index is -0.815. The summed E-state index contributed by atoms with van der Waals surface area (Å²) in [6.45, 7) is 16.9. The Balaban J connectivity index is 1.83. The molecule has 1 saturated carbocycles. The van der Waals surface area contributed by atoms with E-state index in [1.165, 1.54) is 62.5 Å². The molecule has 0 aliphatic heterocycles. The van der Waals surface area contributed by atoms with E-state index in [0.29, 0.717) is 30.0 Å². The van der Waals surface area contributed by atoms with Crippen LogP contribution in [0, 0.1) is 27.6 Å². The van der Waals surface area contributed by atoms with Gasteiger partial charge in [0, 0.05) is 12.7 Å². The third kappa shape index (κ3) is 6.87. The number of methoxy groups -OCH3 is 1. The minimum Gasteiger partial charge on any atom is -0.491 e. The zero-order valence-corrected chi connectivity index (χ0v) is 23.8. The molecule has 1 fully saturated rings. The van der Waals surface area contributed by atoms with Crippen molar-refractivity contribution in [2.24, 2.45) is 27.8 Å². The molecular weight excluding hydrogens is 434 g/mol. The van der Waals surface area contributed by atoms with Crippen LogP contribution >= 0.6 is 0 Å². The molecule has 2 aliphatic rings. The lowest BCUT2D eigenvalue weighted by atomic mass is 9.54. The molecule has 0 amide bonds. The van der Waals surface area contributed by atoms with E-state index in [1.54, 1.807) is 7.11 Å². The molecule has 0 bridgehead atoms. The molecule has 1 aromatic carbocycles. The van der Waals surface area contributed by atoms with Gasteiger partial charge in [-0.05, 0) is 104 Å². The Hall–Kier alpha value is -1.42. The predicted molar refractivity (Wildman–Crippen MR) is 146 cm³/mol. The average molecular weight is 486 g/mol. The first-order valence-electron chi connectivity index (χ1n) is 14.0. The Morgan fingerprint density at radius 2 is 1.77 bits per heavy atom. The van der Waals surface area contributed by atoms with Crippen molar-refractivity contribution in [1.82, 2.24) is 0 Å². The number of ether oxygens (including phenoxy) is 2. The molecule has 3 rings (SSSR count). The van der Waals surface area contributed by atoms with Crippen LogP contribution in [0.2, 0.25) is 0 Å². The molecule has 35 heavy (non-hydrogen) atoms. The average Bonchev–Trinajstić information content (AvgIpc) is 2.78. The van der Waals surface area contributed by atoms with E-state index >= 15 is 0 Å². The van der Waals surface area contributed by atoms with Crippen molar-refractivity contribution in [3.05, 3.63) is 33.7 Å². The van der Waals surface area contributed by atoms with Crippen molar-refractivity contribution < 1.29 is 9.47 Å². The molecule has 2 aliphatic carbocycles. The number of hydrogen-bond acceptors (Lipinski definition) is 4. The standard InChI is InChI=1S/C31H51NO3/c1-29(2,3)16-11-9-10-12-26-24-14-13-22-20-28(35-19-18-34-8)27(31(6,7)32-33)21-25(22)23(24)15-17-30(26,4)5/h20-21,23-24,26H,9-19H2,1-8H3. The normalized spacial score (nSPS) is 23.9. The number of hydrogen-bond donors (Lipinski definition) is 0. The van der Waals surface area contributed by atoms with Crippen LogP contribution in [0.1, 0.15) is 122 Å². The number of benzene rings is 1. The van der Waals surface area contributed by atoms with Crippen LogP contribution in [-0.2, 0) is 16.7 Å². The van der Waals surface area contributed by atoms with Gasteiger partial charge in [-0.1, -0.05) is 59.1 Å². The Labute approximate surface area is 214 Å². The highest BCUT2D eigenvalue weighted by Crippen LogP contribution is 2.57. The van der Waals surface area contributed by atoms with Gasteiger partial charge in [-0.3, -0.25) is 0 Å². The molecule has 4 heteroatoms. The van der Waals surface area contributed by atoms with Gasteiger partial charge in [0.25, 0.3) is 0 Å². The van der Waals surface area contributed by atoms with E-state index in [0.717, 1.165) is 29.6 Å². The molecule has 3 unspecified atom stereocenters. The highest BCUT2D eigenvalue weighted by atomic mass is 16.5. The van der Waals surface area contributed by atoms with Gasteiger partial charge in [-0.25, -0.2) is 0 Å². The summed E-state index contributed by atoms with van der Waals surface area (Å²) in [5.41, 5.74) is 3.82. The predicted octanol–water partition coefficient (Wildman–Crippen LogP) is 8.79. The summed E-state index contributed by atoms with van der Waals surface area (Å²) >= 11 is 0. The fraction of sp³-hybridized carbons (Fsp3) is 0.806. The lowest BCUT2D eigenvalue weighted by Crippen LogP contribution is -2.41. The van der Waals surface area contributed by atoms with Crippen LogP contribution in [-0.4, -0.2) is 20.3 Å². The summed E-state index contributed by atoms with van der Waals surface area (Å²) in [6.07, 6.45) is 11.6. The quantitative estimate of drug-likeness (QED) is 0.232. The molecule has 3 atom stereocenters. The van der Waals surface area contributed by atoms with Crippen LogP contribution in [0.5, 0.6) is 5.75 Å². The second-order valence-corrected chi connectivity index (χ2v) is 13.6. The van der Waals surface area contributed by atoms with Crippen LogP contribution in [0.15, 0.2) is 17.3 Å². The first-order valence-corrected chi connectivity index (χ1v) is 14.0. The molecule has 0 aromatic heterocycles. The molecule has 0 spiro atoms. The number of unbranched alkanes of at least 4 members (excludes halogenated alkanes) is 2. The maximum absolute atomic E-state index is 11.8. The van der Waals surface area contributed by atoms with Gasteiger partial charge < -0.3 is 9.47 Å². The van der Waals surface area contributed by atoms with Crippen LogP contribution in [0.4, 0.5) is 0 Å². The summed E-state index contributed by atoms with van der Waals surface area (Å²) in [6, 6.07) is 4.50. The number of fused-ring (bicyclic) bond motifs is 3. The molecule has 0 N–H and O–H groups in total. The van der Waals surface area contributed by atoms with Crippen molar-refractivity contribution in [2.75, 3.05) is 20.3 Å². The van der Waals surface area contributed by atoms with Gasteiger partial charge in [-0.2, -0.15) is 0 Å². The fourth-order valence-corrected chi connectivity index (χ4v) is 6.78. The maximum atomic E-state index is 11.8. The van der Waals surface area contributed by atoms with Gasteiger partial charge in [0.05, 0.1) is 6.61 Å². The zero-order valence-electron chi connectivity index (χ0n) is 23.8. The third-order valence-corrected chi connectivity index (χ3v) is 8.90. The van der Waals surface area contributed by atoms with Crippen molar-refractivity contribution >= 4 is 0 Å². The van der Waals surface area contributed by atoms with E-state index in [2.05, 4.69) is 51.9 Å². The summed E-state index contributed by atoms with van der Waals surface area (Å²) in [5.74, 6) is 2.88. The van der Waals surface area contributed by atoms with Gasteiger partial charge in [0.2, 0.25) is 0 Å². The first kappa shape index (κ1) is 28.2. The Bertz CT molecular complexity index is 852. The van der Waals surface area contributed by atoms with Crippen LogP contribution in [0.25, 0.3) is 0 Å². The fourth-order valence-electron chi connectivity index (χ4n) is 6.78. The van der Waals surface area contributed by atoms with E-state index in [1.807, 2.05) is 13.8 Å². The van der Waals surface area contributed by atoms with Crippen LogP contribution < -0.4 is 4.74 Å². The first-order chi connectivity index (χ1) is 16.4. The van der Waals surface area contributed by atoms with Crippen LogP contribution in [0.3, 0.4) is 0 Å². The lowest BCUT2D eigenvalue weighted by Gasteiger charge is -2.51. The SMILES string of the molecule is COCCOc1cc2c(cc1C(C)(C)N=O)C1CCC(C)(C)C(CCCCCC(C)(C)C)C1CC2. The molecule has 0 heterocycles. The smallest absolute Gasteiger partial charge is 0.125 e. The van der Waals surface area contributed by atoms with E-state index in [9.17, 15) is 4.91 Å². The Morgan fingerprint density at radius 3 is 2.43 bits per heavy atom. The largest absolute Gasteiger partial charge is 0.491 e. The summed E-state index contributed by atoms with van der Waals surface area (Å²) in [5, 5.41) is 3.48. The summed E-state index contributed by atoms with van der Waals surface area (Å²) < 4.78 is 11.3. The van der Waals surface area contributed by atoms with Crippen molar-refractivity contribution in [2.45, 2.75) is 118 Å². The van der Waals surface area contributed by atoms with Gasteiger partial charge in [-0.15, -0.1) is 4.91 Å². The molecule has 0 saturated heterocycles. The number of nitrogens with zero attached hydrogens (tertiary/aromatic N) is 1. The number of aryl methyl sites for hydroxylation is 1. The molecule has 198 valence electrons. The Morgan fingerprint density at radius 1 is 1.03 bits per heavy atom. The molecular formula is C31H51NO3. The van der Waals surface area contributed by atoms with Gasteiger partial charge in [0.15, 0.2) is 0 Å². The van der Waals surface area contributed by atoms with Crippen molar-refractivity contribution in [3.63, 3.8) is 0 Å². The summed E-state index contributed by atoms with van der Waals surface area (Å²) in [7, 11) is 1.68. The molecule has 4 nitrogen and oxygen atoms in total. The highest BCUT2D eigenvalue weighted by Gasteiger charge is 2.46.